The first-order chi connectivity index (χ1) is 5.65. The molecule has 12 heavy (non-hydrogen) atoms. The van der Waals surface area contributed by atoms with E-state index in [4.69, 9.17) is 5.26 Å². The first kappa shape index (κ1) is 8.20. The SMILES string of the molecule is CC(C#N)c1cc([N+](=O)[O-])[nH]n1. The molecule has 1 atom stereocenters. The summed E-state index contributed by atoms with van der Waals surface area (Å²) in [4.78, 5) is 9.59. The Morgan fingerprint density at radius 3 is 3.00 bits per heavy atom. The van der Waals surface area contributed by atoms with Crippen LogP contribution in [0.4, 0.5) is 5.82 Å². The summed E-state index contributed by atoms with van der Waals surface area (Å²) in [6.07, 6.45) is 0. The van der Waals surface area contributed by atoms with Crippen LogP contribution >= 0.6 is 0 Å². The van der Waals surface area contributed by atoms with Gasteiger partial charge in [-0.1, -0.05) is 5.10 Å². The minimum atomic E-state index is -0.583. The van der Waals surface area contributed by atoms with Crippen molar-refractivity contribution in [2.45, 2.75) is 12.8 Å². The predicted molar refractivity (Wildman–Crippen MR) is 39.3 cm³/mol. The average Bonchev–Trinajstić information content (AvgIpc) is 2.51. The zero-order valence-corrected chi connectivity index (χ0v) is 6.31. The molecule has 0 saturated carbocycles. The second-order valence-corrected chi connectivity index (χ2v) is 2.29. The van der Waals surface area contributed by atoms with Gasteiger partial charge in [-0.3, -0.25) is 0 Å². The van der Waals surface area contributed by atoms with Gasteiger partial charge in [0.2, 0.25) is 0 Å². The van der Waals surface area contributed by atoms with Crippen LogP contribution in [0.1, 0.15) is 18.5 Å². The van der Waals surface area contributed by atoms with E-state index < -0.39 is 10.8 Å². The van der Waals surface area contributed by atoms with E-state index >= 15 is 0 Å². The van der Waals surface area contributed by atoms with Crippen molar-refractivity contribution in [3.05, 3.63) is 21.9 Å². The number of H-pyrrole nitrogens is 1. The van der Waals surface area contributed by atoms with Crippen molar-refractivity contribution in [1.82, 2.24) is 10.2 Å². The van der Waals surface area contributed by atoms with Gasteiger partial charge < -0.3 is 10.1 Å². The summed E-state index contributed by atoms with van der Waals surface area (Å²) in [6.45, 7) is 1.62. The Balaban J connectivity index is 2.93. The van der Waals surface area contributed by atoms with Gasteiger partial charge in [-0.05, 0) is 11.8 Å². The molecule has 62 valence electrons. The van der Waals surface area contributed by atoms with Crippen LogP contribution in [0.2, 0.25) is 0 Å². The van der Waals surface area contributed by atoms with Gasteiger partial charge in [0.1, 0.15) is 5.69 Å². The zero-order chi connectivity index (χ0) is 9.14. The van der Waals surface area contributed by atoms with Crippen molar-refractivity contribution in [3.63, 3.8) is 0 Å². The molecule has 0 aliphatic carbocycles. The molecule has 6 heteroatoms. The smallest absolute Gasteiger partial charge is 0.342 e. The first-order valence-electron chi connectivity index (χ1n) is 3.24. The summed E-state index contributed by atoms with van der Waals surface area (Å²) in [5, 5.41) is 24.5. The van der Waals surface area contributed by atoms with Crippen LogP contribution in [-0.2, 0) is 0 Å². The molecule has 6 nitrogen and oxygen atoms in total. The van der Waals surface area contributed by atoms with Crippen molar-refractivity contribution in [2.75, 3.05) is 0 Å². The highest BCUT2D eigenvalue weighted by Crippen LogP contribution is 2.15. The van der Waals surface area contributed by atoms with E-state index in [1.54, 1.807) is 6.92 Å². The van der Waals surface area contributed by atoms with Crippen LogP contribution in [-0.4, -0.2) is 15.1 Å². The Morgan fingerprint density at radius 1 is 1.92 bits per heavy atom. The number of rotatable bonds is 2. The monoisotopic (exact) mass is 166 g/mol. The van der Waals surface area contributed by atoms with E-state index in [1.807, 2.05) is 6.07 Å². The molecule has 0 aliphatic heterocycles. The van der Waals surface area contributed by atoms with Gasteiger partial charge in [-0.25, -0.2) is 0 Å². The van der Waals surface area contributed by atoms with Crippen molar-refractivity contribution >= 4 is 5.82 Å². The Bertz CT molecular complexity index is 338. The van der Waals surface area contributed by atoms with Crippen LogP contribution in [0.5, 0.6) is 0 Å². The van der Waals surface area contributed by atoms with Gasteiger partial charge in [-0.15, -0.1) is 5.10 Å². The Kier molecular flexibility index (Phi) is 2.05. The highest BCUT2D eigenvalue weighted by Gasteiger charge is 2.14. The number of hydrogen-bond acceptors (Lipinski definition) is 4. The van der Waals surface area contributed by atoms with Crippen LogP contribution in [0.3, 0.4) is 0 Å². The lowest BCUT2D eigenvalue weighted by molar-refractivity contribution is -0.389. The lowest BCUT2D eigenvalue weighted by Gasteiger charge is -1.89. The van der Waals surface area contributed by atoms with E-state index in [2.05, 4.69) is 10.2 Å². The molecule has 0 amide bonds. The van der Waals surface area contributed by atoms with Crippen LogP contribution in [0, 0.1) is 21.4 Å². The minimum absolute atomic E-state index is 0.188. The predicted octanol–water partition coefficient (Wildman–Crippen LogP) is 0.945. The molecule has 0 aromatic carbocycles. The minimum Gasteiger partial charge on any atom is -0.358 e. The van der Waals surface area contributed by atoms with E-state index in [0.717, 1.165) is 0 Å². The standard InChI is InChI=1S/C6H6N4O2/c1-4(3-7)5-2-6(9-8-5)10(11)12/h2,4H,1H3,(H,8,9). The molecule has 1 N–H and O–H groups in total. The highest BCUT2D eigenvalue weighted by atomic mass is 16.6. The molecule has 1 rings (SSSR count). The maximum atomic E-state index is 10.2. The van der Waals surface area contributed by atoms with E-state index in [-0.39, 0.29) is 5.82 Å². The molecule has 0 fully saturated rings. The van der Waals surface area contributed by atoms with Gasteiger partial charge in [0.05, 0.1) is 18.1 Å². The number of aromatic nitrogens is 2. The quantitative estimate of drug-likeness (QED) is 0.522. The third-order valence-electron chi connectivity index (χ3n) is 1.42. The number of aromatic amines is 1. The average molecular weight is 166 g/mol. The summed E-state index contributed by atoms with van der Waals surface area (Å²) in [7, 11) is 0. The third-order valence-corrected chi connectivity index (χ3v) is 1.42. The normalized spacial score (nSPS) is 12.0. The number of nitrogens with zero attached hydrogens (tertiary/aromatic N) is 3. The molecule has 1 heterocycles. The third kappa shape index (κ3) is 1.40. The molecule has 1 unspecified atom stereocenters. The Morgan fingerprint density at radius 2 is 2.58 bits per heavy atom. The summed E-state index contributed by atoms with van der Waals surface area (Å²) < 4.78 is 0. The van der Waals surface area contributed by atoms with Gasteiger partial charge >= 0.3 is 5.82 Å². The van der Waals surface area contributed by atoms with E-state index in [0.29, 0.717) is 5.69 Å². The van der Waals surface area contributed by atoms with E-state index in [9.17, 15) is 10.1 Å². The summed E-state index contributed by atoms with van der Waals surface area (Å²) in [6, 6.07) is 3.19. The van der Waals surface area contributed by atoms with Gasteiger partial charge in [-0.2, -0.15) is 5.26 Å². The highest BCUT2D eigenvalue weighted by molar-refractivity contribution is 5.25. The molecule has 0 aliphatic rings. The maximum absolute atomic E-state index is 10.2. The second kappa shape index (κ2) is 3.00. The molecule has 0 bridgehead atoms. The largest absolute Gasteiger partial charge is 0.358 e. The van der Waals surface area contributed by atoms with Gasteiger partial charge in [0, 0.05) is 0 Å². The topological polar surface area (TPSA) is 95.6 Å². The second-order valence-electron chi connectivity index (χ2n) is 2.29. The van der Waals surface area contributed by atoms with Gasteiger partial charge in [0.25, 0.3) is 0 Å². The fourth-order valence-corrected chi connectivity index (χ4v) is 0.708. The zero-order valence-electron chi connectivity index (χ0n) is 6.31. The fourth-order valence-electron chi connectivity index (χ4n) is 0.708. The molecular formula is C6H6N4O2. The van der Waals surface area contributed by atoms with Crippen LogP contribution in [0.15, 0.2) is 6.07 Å². The van der Waals surface area contributed by atoms with Gasteiger partial charge in [0.15, 0.2) is 0 Å². The van der Waals surface area contributed by atoms with Crippen LogP contribution in [0.25, 0.3) is 0 Å². The lowest BCUT2D eigenvalue weighted by atomic mass is 10.1. The molecule has 1 aromatic rings. The van der Waals surface area contributed by atoms with Crippen molar-refractivity contribution in [1.29, 1.82) is 5.26 Å². The van der Waals surface area contributed by atoms with Crippen molar-refractivity contribution < 1.29 is 4.92 Å². The van der Waals surface area contributed by atoms with Crippen molar-refractivity contribution in [2.24, 2.45) is 0 Å². The molecule has 0 radical (unpaired) electrons. The lowest BCUT2D eigenvalue weighted by Crippen LogP contribution is -1.88. The number of hydrogen-bond donors (Lipinski definition) is 1. The van der Waals surface area contributed by atoms with Crippen LogP contribution < -0.4 is 0 Å². The summed E-state index contributed by atoms with van der Waals surface area (Å²) in [5.41, 5.74) is 0.393. The summed E-state index contributed by atoms with van der Waals surface area (Å²) >= 11 is 0. The van der Waals surface area contributed by atoms with E-state index in [1.165, 1.54) is 6.07 Å². The fraction of sp³-hybridized carbons (Fsp3) is 0.333. The Labute approximate surface area is 68.0 Å². The maximum Gasteiger partial charge on any atom is 0.342 e. The first-order valence-corrected chi connectivity index (χ1v) is 3.24. The number of nitrogens with one attached hydrogen (secondary N) is 1. The Hall–Kier alpha value is -1.90. The molecule has 0 saturated heterocycles. The molecular weight excluding hydrogens is 160 g/mol. The summed E-state index contributed by atoms with van der Waals surface area (Å²) in [5.74, 6) is -0.609. The number of nitro groups is 1. The molecule has 0 spiro atoms. The van der Waals surface area contributed by atoms with Crippen molar-refractivity contribution in [3.8, 4) is 6.07 Å². The molecule has 1 aromatic heterocycles. The number of nitriles is 1.